The summed E-state index contributed by atoms with van der Waals surface area (Å²) >= 11 is 0. The predicted molar refractivity (Wildman–Crippen MR) is 68.4 cm³/mol. The summed E-state index contributed by atoms with van der Waals surface area (Å²) in [4.78, 5) is 24.3. The molecule has 3 N–H and O–H groups in total. The van der Waals surface area contributed by atoms with E-state index in [2.05, 4.69) is 0 Å². The highest BCUT2D eigenvalue weighted by atomic mass is 16.4. The highest BCUT2D eigenvalue weighted by molar-refractivity contribution is 6.00. The van der Waals surface area contributed by atoms with Gasteiger partial charge in [0.1, 0.15) is 0 Å². The monoisotopic (exact) mass is 248 g/mol. The molecule has 0 saturated carbocycles. The third-order valence-corrected chi connectivity index (χ3v) is 3.35. The van der Waals surface area contributed by atoms with Gasteiger partial charge in [0, 0.05) is 24.3 Å². The molecule has 1 atom stereocenters. The van der Waals surface area contributed by atoms with Crippen molar-refractivity contribution in [3.8, 4) is 0 Å². The Morgan fingerprint density at radius 2 is 2.06 bits per heavy atom. The molecule has 1 fully saturated rings. The summed E-state index contributed by atoms with van der Waals surface area (Å²) in [7, 11) is 0. The van der Waals surface area contributed by atoms with Crippen molar-refractivity contribution >= 4 is 23.3 Å². The van der Waals surface area contributed by atoms with Crippen molar-refractivity contribution in [3.05, 3.63) is 23.3 Å². The summed E-state index contributed by atoms with van der Waals surface area (Å²) < 4.78 is 0. The molecule has 1 heterocycles. The van der Waals surface area contributed by atoms with Crippen molar-refractivity contribution < 1.29 is 14.7 Å². The minimum atomic E-state index is -0.921. The zero-order chi connectivity index (χ0) is 13.4. The quantitative estimate of drug-likeness (QED) is 0.773. The standard InChI is InChI=1S/C13H16N2O3/c1-7-4-11(8(2)3-10(7)14)15-6-9(13(17)18)5-12(15)16/h3-4,9H,5-6,14H2,1-2H3,(H,17,18). The SMILES string of the molecule is Cc1cc(N2CC(C(=O)O)CC2=O)c(C)cc1N. The molecule has 1 saturated heterocycles. The third kappa shape index (κ3) is 2.03. The van der Waals surface area contributed by atoms with Crippen molar-refractivity contribution in [2.45, 2.75) is 20.3 Å². The van der Waals surface area contributed by atoms with Crippen molar-refractivity contribution in [1.29, 1.82) is 0 Å². The average Bonchev–Trinajstić information content (AvgIpc) is 2.66. The lowest BCUT2D eigenvalue weighted by Crippen LogP contribution is -2.26. The van der Waals surface area contributed by atoms with E-state index in [1.54, 1.807) is 4.90 Å². The first-order valence-corrected chi connectivity index (χ1v) is 5.80. The van der Waals surface area contributed by atoms with Crippen LogP contribution < -0.4 is 10.6 Å². The van der Waals surface area contributed by atoms with Gasteiger partial charge in [0.05, 0.1) is 5.92 Å². The molecule has 0 aliphatic carbocycles. The van der Waals surface area contributed by atoms with E-state index >= 15 is 0 Å². The topological polar surface area (TPSA) is 83.6 Å². The first-order valence-electron chi connectivity index (χ1n) is 5.80. The molecule has 18 heavy (non-hydrogen) atoms. The maximum Gasteiger partial charge on any atom is 0.308 e. The molecule has 5 nitrogen and oxygen atoms in total. The number of carbonyl (C=O) groups excluding carboxylic acids is 1. The van der Waals surface area contributed by atoms with Gasteiger partial charge in [-0.25, -0.2) is 0 Å². The number of carbonyl (C=O) groups is 2. The molecule has 1 aromatic rings. The minimum Gasteiger partial charge on any atom is -0.481 e. The van der Waals surface area contributed by atoms with Gasteiger partial charge in [-0.1, -0.05) is 0 Å². The number of rotatable bonds is 2. The third-order valence-electron chi connectivity index (χ3n) is 3.35. The van der Waals surface area contributed by atoms with Crippen LogP contribution in [-0.4, -0.2) is 23.5 Å². The second-order valence-electron chi connectivity index (χ2n) is 4.74. The Morgan fingerprint density at radius 3 is 2.61 bits per heavy atom. The zero-order valence-electron chi connectivity index (χ0n) is 10.4. The molecule has 5 heteroatoms. The van der Waals surface area contributed by atoms with Gasteiger partial charge in [0.25, 0.3) is 0 Å². The van der Waals surface area contributed by atoms with E-state index in [9.17, 15) is 9.59 Å². The van der Waals surface area contributed by atoms with Crippen molar-refractivity contribution in [2.24, 2.45) is 5.92 Å². The number of nitrogens with zero attached hydrogens (tertiary/aromatic N) is 1. The summed E-state index contributed by atoms with van der Waals surface area (Å²) in [6.45, 7) is 3.97. The number of hydrogen-bond donors (Lipinski definition) is 2. The van der Waals surface area contributed by atoms with E-state index < -0.39 is 11.9 Å². The highest BCUT2D eigenvalue weighted by Crippen LogP contribution is 2.30. The summed E-state index contributed by atoms with van der Waals surface area (Å²) in [5, 5.41) is 8.96. The Balaban J connectivity index is 2.35. The van der Waals surface area contributed by atoms with Crippen LogP contribution in [0.3, 0.4) is 0 Å². The van der Waals surface area contributed by atoms with Crippen LogP contribution in [0, 0.1) is 19.8 Å². The first kappa shape index (κ1) is 12.4. The fourth-order valence-corrected chi connectivity index (χ4v) is 2.22. The first-order chi connectivity index (χ1) is 8.40. The van der Waals surface area contributed by atoms with E-state index in [-0.39, 0.29) is 18.9 Å². The Bertz CT molecular complexity index is 525. The van der Waals surface area contributed by atoms with Crippen LogP contribution in [0.1, 0.15) is 17.5 Å². The number of anilines is 2. The molecule has 0 aromatic heterocycles. The van der Waals surface area contributed by atoms with Crippen LogP contribution in [0.5, 0.6) is 0 Å². The second kappa shape index (κ2) is 4.33. The van der Waals surface area contributed by atoms with E-state index in [0.29, 0.717) is 5.69 Å². The van der Waals surface area contributed by atoms with Crippen LogP contribution in [0.2, 0.25) is 0 Å². The van der Waals surface area contributed by atoms with Crippen LogP contribution in [0.4, 0.5) is 11.4 Å². The molecular formula is C13H16N2O3. The lowest BCUT2D eigenvalue weighted by atomic mass is 10.1. The van der Waals surface area contributed by atoms with Gasteiger partial charge in [-0.15, -0.1) is 0 Å². The predicted octanol–water partition coefficient (Wildman–Crippen LogP) is 1.32. The van der Waals surface area contributed by atoms with Crippen molar-refractivity contribution in [3.63, 3.8) is 0 Å². The molecule has 1 unspecified atom stereocenters. The van der Waals surface area contributed by atoms with Gasteiger partial charge in [-0.3, -0.25) is 9.59 Å². The van der Waals surface area contributed by atoms with E-state index in [0.717, 1.165) is 16.8 Å². The number of hydrogen-bond acceptors (Lipinski definition) is 3. The molecule has 1 aliphatic rings. The number of benzene rings is 1. The number of aryl methyl sites for hydroxylation is 2. The lowest BCUT2D eigenvalue weighted by molar-refractivity contribution is -0.141. The molecular weight excluding hydrogens is 232 g/mol. The maximum atomic E-state index is 11.9. The molecule has 1 aromatic carbocycles. The minimum absolute atomic E-state index is 0.0677. The maximum absolute atomic E-state index is 11.9. The van der Waals surface area contributed by atoms with Gasteiger partial charge < -0.3 is 15.7 Å². The van der Waals surface area contributed by atoms with Crippen molar-refractivity contribution in [1.82, 2.24) is 0 Å². The highest BCUT2D eigenvalue weighted by Gasteiger charge is 2.35. The van der Waals surface area contributed by atoms with Gasteiger partial charge in [-0.2, -0.15) is 0 Å². The van der Waals surface area contributed by atoms with Crippen LogP contribution >= 0.6 is 0 Å². The molecule has 0 bridgehead atoms. The van der Waals surface area contributed by atoms with E-state index in [4.69, 9.17) is 10.8 Å². The zero-order valence-corrected chi connectivity index (χ0v) is 10.4. The Hall–Kier alpha value is -2.04. The number of aliphatic carboxylic acids is 1. The van der Waals surface area contributed by atoms with Crippen LogP contribution in [0.25, 0.3) is 0 Å². The van der Waals surface area contributed by atoms with Gasteiger partial charge >= 0.3 is 5.97 Å². The van der Waals surface area contributed by atoms with Gasteiger partial charge in [-0.05, 0) is 37.1 Å². The molecule has 0 radical (unpaired) electrons. The molecule has 2 rings (SSSR count). The number of carboxylic acid groups (broad SMARTS) is 1. The molecule has 0 spiro atoms. The van der Waals surface area contributed by atoms with E-state index in [1.165, 1.54) is 0 Å². The van der Waals surface area contributed by atoms with Crippen LogP contribution in [0.15, 0.2) is 12.1 Å². The smallest absolute Gasteiger partial charge is 0.308 e. The summed E-state index contributed by atoms with van der Waals surface area (Å²) in [5.74, 6) is -1.68. The number of carboxylic acids is 1. The Kier molecular flexibility index (Phi) is 2.98. The fourth-order valence-electron chi connectivity index (χ4n) is 2.22. The van der Waals surface area contributed by atoms with Gasteiger partial charge in [0.2, 0.25) is 5.91 Å². The summed E-state index contributed by atoms with van der Waals surface area (Å²) in [6.07, 6.45) is 0.0677. The summed E-state index contributed by atoms with van der Waals surface area (Å²) in [5.41, 5.74) is 9.02. The largest absolute Gasteiger partial charge is 0.481 e. The Morgan fingerprint density at radius 1 is 1.39 bits per heavy atom. The number of nitrogens with two attached hydrogens (primary N) is 1. The van der Waals surface area contributed by atoms with Crippen molar-refractivity contribution in [2.75, 3.05) is 17.2 Å². The second-order valence-corrected chi connectivity index (χ2v) is 4.74. The van der Waals surface area contributed by atoms with Gasteiger partial charge in [0.15, 0.2) is 0 Å². The normalized spacial score (nSPS) is 19.3. The molecule has 1 amide bonds. The number of amides is 1. The van der Waals surface area contributed by atoms with Crippen LogP contribution in [-0.2, 0) is 9.59 Å². The summed E-state index contributed by atoms with van der Waals surface area (Å²) in [6, 6.07) is 3.65. The molecule has 1 aliphatic heterocycles. The number of nitrogen functional groups attached to an aromatic ring is 1. The Labute approximate surface area is 105 Å². The fraction of sp³-hybridized carbons (Fsp3) is 0.385. The molecule has 96 valence electrons. The average molecular weight is 248 g/mol. The van der Waals surface area contributed by atoms with E-state index in [1.807, 2.05) is 26.0 Å². The lowest BCUT2D eigenvalue weighted by Gasteiger charge is -2.20.